The molecule has 1 aromatic carbocycles. The minimum atomic E-state index is -0.274. The Bertz CT molecular complexity index is 386. The molecule has 1 heterocycles. The Morgan fingerprint density at radius 1 is 1.41 bits per heavy atom. The summed E-state index contributed by atoms with van der Waals surface area (Å²) in [5.74, 6) is -0.274. The first kappa shape index (κ1) is 12.1. The van der Waals surface area contributed by atoms with E-state index in [1.807, 2.05) is 12.1 Å². The predicted molar refractivity (Wildman–Crippen MR) is 63.0 cm³/mol. The van der Waals surface area contributed by atoms with E-state index < -0.39 is 0 Å². The predicted octanol–water partition coefficient (Wildman–Crippen LogP) is -0.112. The van der Waals surface area contributed by atoms with Gasteiger partial charge in [0.25, 0.3) is 0 Å². The number of nitrogens with one attached hydrogen (secondary N) is 1. The maximum absolute atomic E-state index is 11.4. The molecule has 17 heavy (non-hydrogen) atoms. The van der Waals surface area contributed by atoms with E-state index in [1.165, 1.54) is 17.6 Å². The number of hydrogen-bond donors (Lipinski definition) is 1. The second-order valence-corrected chi connectivity index (χ2v) is 4.23. The van der Waals surface area contributed by atoms with Crippen molar-refractivity contribution in [3.8, 4) is 0 Å². The number of benzene rings is 1. The van der Waals surface area contributed by atoms with Gasteiger partial charge in [0.1, 0.15) is 19.6 Å². The zero-order valence-corrected chi connectivity index (χ0v) is 10.1. The van der Waals surface area contributed by atoms with E-state index in [0.717, 1.165) is 32.8 Å². The summed E-state index contributed by atoms with van der Waals surface area (Å²) in [6.07, 6.45) is 0. The quantitative estimate of drug-likeness (QED) is 0.744. The summed E-state index contributed by atoms with van der Waals surface area (Å²) < 4.78 is 10.0. The molecular weight excluding hydrogens is 218 g/mol. The minimum Gasteiger partial charge on any atom is -0.465 e. The molecular formula is C13H18NO3+. The van der Waals surface area contributed by atoms with Gasteiger partial charge in [0.15, 0.2) is 0 Å². The molecule has 0 saturated carbocycles. The number of carbonyl (C=O) groups is 1. The van der Waals surface area contributed by atoms with E-state index in [2.05, 4.69) is 6.07 Å². The van der Waals surface area contributed by atoms with Crippen LogP contribution < -0.4 is 4.90 Å². The van der Waals surface area contributed by atoms with Crippen LogP contribution in [0.2, 0.25) is 0 Å². The van der Waals surface area contributed by atoms with Crippen molar-refractivity contribution in [2.45, 2.75) is 6.54 Å². The van der Waals surface area contributed by atoms with Gasteiger partial charge < -0.3 is 14.4 Å². The number of quaternary nitrogens is 1. The zero-order valence-electron chi connectivity index (χ0n) is 10.1. The van der Waals surface area contributed by atoms with Crippen LogP contribution in [-0.2, 0) is 16.0 Å². The Morgan fingerprint density at radius 2 is 2.18 bits per heavy atom. The number of esters is 1. The average molecular weight is 236 g/mol. The van der Waals surface area contributed by atoms with Gasteiger partial charge in [-0.15, -0.1) is 0 Å². The van der Waals surface area contributed by atoms with Crippen molar-refractivity contribution >= 4 is 5.97 Å². The third-order valence-corrected chi connectivity index (χ3v) is 3.00. The monoisotopic (exact) mass is 236 g/mol. The van der Waals surface area contributed by atoms with E-state index in [4.69, 9.17) is 9.47 Å². The van der Waals surface area contributed by atoms with Crippen molar-refractivity contribution in [2.75, 3.05) is 33.4 Å². The Morgan fingerprint density at radius 3 is 2.88 bits per heavy atom. The van der Waals surface area contributed by atoms with Crippen molar-refractivity contribution in [3.63, 3.8) is 0 Å². The van der Waals surface area contributed by atoms with Gasteiger partial charge in [-0.05, 0) is 12.1 Å². The number of hydrogen-bond acceptors (Lipinski definition) is 3. The SMILES string of the molecule is COC(=O)c1cccc(C[NH+]2CCOCC2)c1. The van der Waals surface area contributed by atoms with Gasteiger partial charge in [0.2, 0.25) is 0 Å². The first-order valence-electron chi connectivity index (χ1n) is 5.88. The molecule has 0 aromatic heterocycles. The van der Waals surface area contributed by atoms with Crippen molar-refractivity contribution in [1.29, 1.82) is 0 Å². The van der Waals surface area contributed by atoms with Crippen LogP contribution in [0.3, 0.4) is 0 Å². The van der Waals surface area contributed by atoms with Crippen LogP contribution in [0, 0.1) is 0 Å². The van der Waals surface area contributed by atoms with E-state index in [1.54, 1.807) is 6.07 Å². The highest BCUT2D eigenvalue weighted by Gasteiger charge is 2.15. The van der Waals surface area contributed by atoms with Crippen molar-refractivity contribution in [1.82, 2.24) is 0 Å². The molecule has 0 aliphatic carbocycles. The largest absolute Gasteiger partial charge is 0.465 e. The summed E-state index contributed by atoms with van der Waals surface area (Å²) in [5.41, 5.74) is 1.79. The summed E-state index contributed by atoms with van der Waals surface area (Å²) >= 11 is 0. The molecule has 0 bridgehead atoms. The molecule has 4 nitrogen and oxygen atoms in total. The third kappa shape index (κ3) is 3.28. The lowest BCUT2D eigenvalue weighted by Gasteiger charge is -2.23. The van der Waals surface area contributed by atoms with Crippen LogP contribution in [0.4, 0.5) is 0 Å². The molecule has 1 N–H and O–H groups in total. The summed E-state index contributed by atoms with van der Waals surface area (Å²) in [5, 5.41) is 0. The van der Waals surface area contributed by atoms with Crippen LogP contribution in [0.1, 0.15) is 15.9 Å². The van der Waals surface area contributed by atoms with Gasteiger partial charge in [-0.1, -0.05) is 12.1 Å². The third-order valence-electron chi connectivity index (χ3n) is 3.00. The fourth-order valence-corrected chi connectivity index (χ4v) is 2.05. The van der Waals surface area contributed by atoms with Crippen molar-refractivity contribution in [2.24, 2.45) is 0 Å². The highest BCUT2D eigenvalue weighted by atomic mass is 16.5. The van der Waals surface area contributed by atoms with E-state index in [-0.39, 0.29) is 5.97 Å². The van der Waals surface area contributed by atoms with Gasteiger partial charge in [-0.25, -0.2) is 4.79 Å². The van der Waals surface area contributed by atoms with Gasteiger partial charge in [-0.3, -0.25) is 0 Å². The number of rotatable bonds is 3. The molecule has 0 spiro atoms. The average Bonchev–Trinajstić information content (AvgIpc) is 2.39. The molecule has 92 valence electrons. The Labute approximate surface area is 101 Å². The molecule has 1 fully saturated rings. The standard InChI is InChI=1S/C13H17NO3/c1-16-13(15)12-4-2-3-11(9-12)10-14-5-7-17-8-6-14/h2-4,9H,5-8,10H2,1H3/p+1. The Balaban J connectivity index is 2.02. The smallest absolute Gasteiger partial charge is 0.337 e. The van der Waals surface area contributed by atoms with E-state index >= 15 is 0 Å². The van der Waals surface area contributed by atoms with Crippen molar-refractivity contribution < 1.29 is 19.2 Å². The Kier molecular flexibility index (Phi) is 4.12. The summed E-state index contributed by atoms with van der Waals surface area (Å²) in [4.78, 5) is 12.9. The molecule has 1 aliphatic heterocycles. The van der Waals surface area contributed by atoms with Crippen LogP contribution in [0.25, 0.3) is 0 Å². The molecule has 1 saturated heterocycles. The number of ether oxygens (including phenoxy) is 2. The first-order chi connectivity index (χ1) is 8.29. The first-order valence-corrected chi connectivity index (χ1v) is 5.88. The molecule has 1 aromatic rings. The molecule has 0 unspecified atom stereocenters. The van der Waals surface area contributed by atoms with Crippen LogP contribution in [0.5, 0.6) is 0 Å². The molecule has 4 heteroatoms. The molecule has 0 radical (unpaired) electrons. The van der Waals surface area contributed by atoms with Gasteiger partial charge in [0.05, 0.1) is 25.9 Å². The summed E-state index contributed by atoms with van der Waals surface area (Å²) in [7, 11) is 1.40. The Hall–Kier alpha value is -1.39. The maximum Gasteiger partial charge on any atom is 0.337 e. The molecule has 0 atom stereocenters. The fraction of sp³-hybridized carbons (Fsp3) is 0.462. The van der Waals surface area contributed by atoms with Gasteiger partial charge in [-0.2, -0.15) is 0 Å². The number of carbonyl (C=O) groups excluding carboxylic acids is 1. The topological polar surface area (TPSA) is 40.0 Å². The van der Waals surface area contributed by atoms with E-state index in [9.17, 15) is 4.79 Å². The second kappa shape index (κ2) is 5.80. The number of morpholine rings is 1. The molecule has 0 amide bonds. The highest BCUT2D eigenvalue weighted by molar-refractivity contribution is 5.89. The normalized spacial score (nSPS) is 16.8. The lowest BCUT2D eigenvalue weighted by atomic mass is 10.1. The van der Waals surface area contributed by atoms with E-state index in [0.29, 0.717) is 5.56 Å². The van der Waals surface area contributed by atoms with Crippen LogP contribution >= 0.6 is 0 Å². The zero-order chi connectivity index (χ0) is 12.1. The van der Waals surface area contributed by atoms with Crippen LogP contribution in [0.15, 0.2) is 24.3 Å². The van der Waals surface area contributed by atoms with Crippen LogP contribution in [-0.4, -0.2) is 39.4 Å². The highest BCUT2D eigenvalue weighted by Crippen LogP contribution is 2.05. The maximum atomic E-state index is 11.4. The van der Waals surface area contributed by atoms with Crippen molar-refractivity contribution in [3.05, 3.63) is 35.4 Å². The second-order valence-electron chi connectivity index (χ2n) is 4.23. The van der Waals surface area contributed by atoms with Gasteiger partial charge >= 0.3 is 5.97 Å². The van der Waals surface area contributed by atoms with Gasteiger partial charge in [0, 0.05) is 5.56 Å². The minimum absolute atomic E-state index is 0.274. The molecule has 2 rings (SSSR count). The summed E-state index contributed by atoms with van der Waals surface area (Å²) in [6.45, 7) is 4.65. The number of methoxy groups -OCH3 is 1. The lowest BCUT2D eigenvalue weighted by Crippen LogP contribution is -3.12. The lowest BCUT2D eigenvalue weighted by molar-refractivity contribution is -0.921. The fourth-order valence-electron chi connectivity index (χ4n) is 2.05. The summed E-state index contributed by atoms with van der Waals surface area (Å²) in [6, 6.07) is 7.65. The molecule has 1 aliphatic rings.